The number of rotatable bonds is 10. The number of aliphatic carboxylic acids is 2. The van der Waals surface area contributed by atoms with Crippen LogP contribution in [-0.4, -0.2) is 33.2 Å². The van der Waals surface area contributed by atoms with E-state index in [2.05, 4.69) is 36.4 Å². The summed E-state index contributed by atoms with van der Waals surface area (Å²) >= 11 is 0. The maximum Gasteiger partial charge on any atom is 0.300 e. The van der Waals surface area contributed by atoms with Gasteiger partial charge in [-0.3, -0.25) is 19.2 Å². The van der Waals surface area contributed by atoms with Crippen LogP contribution < -0.4 is 10.6 Å². The first-order valence-corrected chi connectivity index (χ1v) is 19.3. The first-order valence-electron chi connectivity index (χ1n) is 16.3. The van der Waals surface area contributed by atoms with E-state index in [1.54, 1.807) is 0 Å². The van der Waals surface area contributed by atoms with E-state index >= 15 is 0 Å². The molecule has 6 rings (SSSR count). The smallest absolute Gasteiger partial charge is 0.300 e. The van der Waals surface area contributed by atoms with Crippen molar-refractivity contribution in [2.75, 3.05) is 0 Å². The molecule has 6 aromatic carbocycles. The number of hydrogen-bond donors (Lipinski definition) is 2. The minimum Gasteiger partial charge on any atom is -0.481 e. The molecule has 0 saturated heterocycles. The zero-order chi connectivity index (χ0) is 37.6. The average molecular weight is 940 g/mol. The Balaban J connectivity index is 0.000000437. The van der Waals surface area contributed by atoms with E-state index in [-0.39, 0.29) is 51.9 Å². The van der Waals surface area contributed by atoms with Gasteiger partial charge in [-0.1, -0.05) is 121 Å². The second-order valence-corrected chi connectivity index (χ2v) is 15.2. The van der Waals surface area contributed by atoms with Crippen LogP contribution in [0.4, 0.5) is 0 Å². The average Bonchev–Trinajstić information content (AvgIpc) is 3.17. The summed E-state index contributed by atoms with van der Waals surface area (Å²) in [4.78, 5) is 43.9. The monoisotopic (exact) mass is 938 g/mol. The molecule has 0 radical (unpaired) electrons. The van der Waals surface area contributed by atoms with Gasteiger partial charge in [0.15, 0.2) is 11.0 Å². The SMILES string of the molecule is CC(=O)O.CC(=O)O.O=C(c1ccccc1)P(Cc1[c-]cccc1)c1ccccc1.O=C(c1ccccc1)P(Cc1[c-]cccc1)c1ccccc1.[Pd].[Pd]. The maximum atomic E-state index is 13.0. The first kappa shape index (κ1) is 47.8. The fourth-order valence-corrected chi connectivity index (χ4v) is 8.83. The van der Waals surface area contributed by atoms with Crippen LogP contribution in [0.2, 0.25) is 0 Å². The second kappa shape index (κ2) is 27.4. The summed E-state index contributed by atoms with van der Waals surface area (Å²) in [5, 5.41) is 17.1. The molecule has 2 atom stereocenters. The van der Waals surface area contributed by atoms with Crippen molar-refractivity contribution < 1.29 is 70.2 Å². The number of benzene rings is 6. The van der Waals surface area contributed by atoms with Gasteiger partial charge in [-0.25, -0.2) is 0 Å². The third kappa shape index (κ3) is 18.2. The Kier molecular flexibility index (Phi) is 24.2. The quantitative estimate of drug-likeness (QED) is 0.0806. The van der Waals surface area contributed by atoms with Crippen molar-refractivity contribution in [2.45, 2.75) is 26.2 Å². The van der Waals surface area contributed by atoms with Gasteiger partial charge in [-0.2, -0.15) is 71.8 Å². The summed E-state index contributed by atoms with van der Waals surface area (Å²) in [6.45, 7) is 2.17. The van der Waals surface area contributed by atoms with Gasteiger partial charge in [0.25, 0.3) is 11.9 Å². The predicted octanol–water partition coefficient (Wildman–Crippen LogP) is 9.45. The van der Waals surface area contributed by atoms with Crippen LogP contribution in [0.5, 0.6) is 0 Å². The van der Waals surface area contributed by atoms with Crippen molar-refractivity contribution in [1.29, 1.82) is 0 Å². The molecule has 6 nitrogen and oxygen atoms in total. The topological polar surface area (TPSA) is 109 Å². The molecule has 54 heavy (non-hydrogen) atoms. The van der Waals surface area contributed by atoms with E-state index in [1.807, 2.05) is 146 Å². The number of carboxylic acid groups (broad SMARTS) is 2. The largest absolute Gasteiger partial charge is 0.481 e. The van der Waals surface area contributed by atoms with Gasteiger partial charge in [-0.05, 0) is 22.9 Å². The molecule has 2 unspecified atom stereocenters. The fraction of sp³-hybridized carbons (Fsp3) is 0.0909. The molecule has 10 heteroatoms. The first-order chi connectivity index (χ1) is 25.2. The van der Waals surface area contributed by atoms with Gasteiger partial charge in [0.2, 0.25) is 0 Å². The molecule has 0 aromatic heterocycles. The van der Waals surface area contributed by atoms with Gasteiger partial charge in [0.05, 0.1) is 0 Å². The molecule has 0 spiro atoms. The molecule has 0 saturated carbocycles. The molecule has 0 aliphatic rings. The van der Waals surface area contributed by atoms with E-state index in [1.165, 1.54) is 0 Å². The minimum atomic E-state index is -0.940. The Labute approximate surface area is 347 Å². The van der Waals surface area contributed by atoms with Gasteiger partial charge in [0.1, 0.15) is 0 Å². The van der Waals surface area contributed by atoms with Crippen molar-refractivity contribution in [3.63, 3.8) is 0 Å². The van der Waals surface area contributed by atoms with E-state index in [4.69, 9.17) is 19.8 Å². The fourth-order valence-electron chi connectivity index (χ4n) is 4.65. The van der Waals surface area contributed by atoms with Crippen molar-refractivity contribution in [3.8, 4) is 0 Å². The van der Waals surface area contributed by atoms with Gasteiger partial charge >= 0.3 is 0 Å². The number of hydrogen-bond acceptors (Lipinski definition) is 4. The van der Waals surface area contributed by atoms with Gasteiger partial charge < -0.3 is 10.2 Å². The summed E-state index contributed by atoms with van der Waals surface area (Å²) in [7, 11) is -1.88. The molecule has 284 valence electrons. The van der Waals surface area contributed by atoms with Crippen molar-refractivity contribution in [1.82, 2.24) is 0 Å². The molecule has 0 amide bonds. The number of carbonyl (C=O) groups is 4. The van der Waals surface area contributed by atoms with E-state index in [9.17, 15) is 9.59 Å². The van der Waals surface area contributed by atoms with Crippen LogP contribution in [-0.2, 0) is 62.8 Å². The van der Waals surface area contributed by atoms with Crippen LogP contribution in [0.15, 0.2) is 170 Å². The normalized spacial score (nSPS) is 10.6. The van der Waals surface area contributed by atoms with Crippen molar-refractivity contribution >= 4 is 49.4 Å². The molecule has 0 aliphatic heterocycles. The second-order valence-electron chi connectivity index (χ2n) is 11.0. The summed E-state index contributed by atoms with van der Waals surface area (Å²) < 4.78 is 0. The summed E-state index contributed by atoms with van der Waals surface area (Å²) in [5.74, 6) is -1.67. The van der Waals surface area contributed by atoms with Crippen molar-refractivity contribution in [3.05, 3.63) is 204 Å². The minimum absolute atomic E-state index is 0. The third-order valence-electron chi connectivity index (χ3n) is 6.87. The van der Waals surface area contributed by atoms with Gasteiger partial charge in [-0.15, -0.1) is 0 Å². The molecular formula is C44H40O6P2Pd2-2. The Bertz CT molecular complexity index is 1780. The van der Waals surface area contributed by atoms with E-state index < -0.39 is 27.8 Å². The van der Waals surface area contributed by atoms with Crippen LogP contribution in [0.1, 0.15) is 45.7 Å². The van der Waals surface area contributed by atoms with Crippen LogP contribution in [0.3, 0.4) is 0 Å². The summed E-state index contributed by atoms with van der Waals surface area (Å²) in [6, 6.07) is 61.6. The molecular weight excluding hydrogens is 899 g/mol. The van der Waals surface area contributed by atoms with Crippen LogP contribution >= 0.6 is 15.8 Å². The van der Waals surface area contributed by atoms with Gasteiger partial charge in [0, 0.05) is 81.7 Å². The maximum absolute atomic E-state index is 13.0. The standard InChI is InChI=1S/2C20H16OP.2C2H4O2.2Pd/c2*21-20(18-12-6-2-7-13-18)22(19-14-8-3-9-15-19)16-17-10-4-1-5-11-17;2*1-2(3)4;;/h2*1-10,12-15H,16H2;2*1H3,(H,3,4);;/q2*-1;;;;. The number of carboxylic acids is 2. The summed E-state index contributed by atoms with van der Waals surface area (Å²) in [6.07, 6.45) is 1.46. The molecule has 0 heterocycles. The zero-order valence-electron chi connectivity index (χ0n) is 29.6. The Morgan fingerprint density at radius 2 is 0.704 bits per heavy atom. The molecule has 0 aliphatic carbocycles. The summed E-state index contributed by atoms with van der Waals surface area (Å²) in [5.41, 5.74) is 4.18. The Hall–Kier alpha value is -4.22. The Morgan fingerprint density at radius 3 is 0.963 bits per heavy atom. The zero-order valence-corrected chi connectivity index (χ0v) is 34.5. The molecule has 0 bridgehead atoms. The van der Waals surface area contributed by atoms with E-state index in [0.717, 1.165) is 59.0 Å². The van der Waals surface area contributed by atoms with E-state index in [0.29, 0.717) is 0 Å². The predicted molar refractivity (Wildman–Crippen MR) is 212 cm³/mol. The Morgan fingerprint density at radius 1 is 0.444 bits per heavy atom. The molecule has 0 fully saturated rings. The van der Waals surface area contributed by atoms with Crippen LogP contribution in [0.25, 0.3) is 0 Å². The van der Waals surface area contributed by atoms with Crippen LogP contribution in [0, 0.1) is 12.1 Å². The molecule has 6 aromatic rings. The molecule has 2 N–H and O–H groups in total. The number of carbonyl (C=O) groups excluding carboxylic acids is 2. The third-order valence-corrected chi connectivity index (χ3v) is 11.5. The van der Waals surface area contributed by atoms with Crippen molar-refractivity contribution in [2.24, 2.45) is 0 Å².